The van der Waals surface area contributed by atoms with Crippen LogP contribution in [0.1, 0.15) is 30.9 Å². The minimum Gasteiger partial charge on any atom is -0.445 e. The lowest BCUT2D eigenvalue weighted by Gasteiger charge is -2.44. The number of halogens is 1. The monoisotopic (exact) mass is 412 g/mol. The number of alkyl carbamates (subject to hydrolysis) is 1. The van der Waals surface area contributed by atoms with Crippen LogP contribution >= 0.6 is 11.8 Å². The van der Waals surface area contributed by atoms with Gasteiger partial charge in [-0.2, -0.15) is 0 Å². The Balaban J connectivity index is 1.28. The zero-order valence-corrected chi connectivity index (χ0v) is 17.1. The Morgan fingerprint density at radius 1 is 1.10 bits per heavy atom. The molecule has 0 spiro atoms. The number of fused-ring (bicyclic) bond motifs is 4. The molecule has 2 aromatic rings. The molecule has 0 aromatic heterocycles. The van der Waals surface area contributed by atoms with Crippen LogP contribution in [-0.4, -0.2) is 42.5 Å². The van der Waals surface area contributed by atoms with Gasteiger partial charge in [0.05, 0.1) is 6.04 Å². The van der Waals surface area contributed by atoms with Crippen molar-refractivity contribution >= 4 is 17.9 Å². The molecule has 1 unspecified atom stereocenters. The number of thioether (sulfide) groups is 1. The summed E-state index contributed by atoms with van der Waals surface area (Å²) in [4.78, 5) is 16.1. The summed E-state index contributed by atoms with van der Waals surface area (Å²) in [6.45, 7) is 3.13. The molecule has 3 fully saturated rings. The van der Waals surface area contributed by atoms with Crippen LogP contribution < -0.4 is 5.32 Å². The SMILES string of the molecule is O=C(NC1CCSc2cc(-c3cccc(F)c3)ccc21)O[C@H]1CN2CCC1CC2. The molecule has 1 amide bonds. The summed E-state index contributed by atoms with van der Waals surface area (Å²) in [6.07, 6.45) is 2.85. The van der Waals surface area contributed by atoms with Gasteiger partial charge in [-0.1, -0.05) is 24.3 Å². The first kappa shape index (κ1) is 18.9. The van der Waals surface area contributed by atoms with Gasteiger partial charge in [-0.15, -0.1) is 11.8 Å². The molecule has 1 N–H and O–H groups in total. The lowest BCUT2D eigenvalue weighted by molar-refractivity contribution is -0.0339. The van der Waals surface area contributed by atoms with Crippen LogP contribution in [0.2, 0.25) is 0 Å². The second-order valence-electron chi connectivity index (χ2n) is 8.18. The summed E-state index contributed by atoms with van der Waals surface area (Å²) in [5, 5.41) is 3.10. The number of carbonyl (C=O) groups is 1. The van der Waals surface area contributed by atoms with Crippen LogP contribution in [0.4, 0.5) is 9.18 Å². The fraction of sp³-hybridized carbons (Fsp3) is 0.435. The standard InChI is InChI=1S/C23H25FN2O2S/c24-18-3-1-2-16(12-18)17-4-5-19-20(8-11-29-22(19)13-17)25-23(27)28-21-14-26-9-6-15(21)7-10-26/h1-5,12-13,15,20-21H,6-11,14H2,(H,25,27)/t20?,21-/m0/s1. The Morgan fingerprint density at radius 2 is 1.93 bits per heavy atom. The third-order valence-electron chi connectivity index (χ3n) is 6.36. The van der Waals surface area contributed by atoms with Gasteiger partial charge in [0.1, 0.15) is 11.9 Å². The maximum atomic E-state index is 13.6. The first-order valence-electron chi connectivity index (χ1n) is 10.4. The minimum atomic E-state index is -0.305. The Hall–Kier alpha value is -2.05. The molecule has 0 aliphatic carbocycles. The highest BCUT2D eigenvalue weighted by atomic mass is 32.2. The molecule has 6 rings (SSSR count). The summed E-state index contributed by atoms with van der Waals surface area (Å²) in [6, 6.07) is 12.8. The van der Waals surface area contributed by atoms with Crippen molar-refractivity contribution in [3.05, 3.63) is 53.8 Å². The largest absolute Gasteiger partial charge is 0.445 e. The van der Waals surface area contributed by atoms with Gasteiger partial charge in [-0.25, -0.2) is 9.18 Å². The van der Waals surface area contributed by atoms with E-state index in [0.29, 0.717) is 5.92 Å². The predicted molar refractivity (Wildman–Crippen MR) is 112 cm³/mol. The fourth-order valence-electron chi connectivity index (χ4n) is 4.75. The number of benzene rings is 2. The first-order valence-corrected chi connectivity index (χ1v) is 11.4. The first-order chi connectivity index (χ1) is 14.2. The summed E-state index contributed by atoms with van der Waals surface area (Å²) < 4.78 is 19.4. The lowest BCUT2D eigenvalue weighted by Crippen LogP contribution is -2.52. The Morgan fingerprint density at radius 3 is 2.69 bits per heavy atom. The third-order valence-corrected chi connectivity index (χ3v) is 7.46. The van der Waals surface area contributed by atoms with Crippen LogP contribution in [0, 0.1) is 11.7 Å². The van der Waals surface area contributed by atoms with Gasteiger partial charge >= 0.3 is 6.09 Å². The average molecular weight is 413 g/mol. The number of ether oxygens (including phenoxy) is 1. The van der Waals surface area contributed by atoms with Crippen molar-refractivity contribution in [1.82, 2.24) is 10.2 Å². The van der Waals surface area contributed by atoms with E-state index >= 15 is 0 Å². The second kappa shape index (κ2) is 8.00. The Bertz CT molecular complexity index is 914. The van der Waals surface area contributed by atoms with Crippen molar-refractivity contribution in [3.63, 3.8) is 0 Å². The van der Waals surface area contributed by atoms with Crippen LogP contribution in [0.3, 0.4) is 0 Å². The number of amides is 1. The van der Waals surface area contributed by atoms with Crippen molar-refractivity contribution in [3.8, 4) is 11.1 Å². The number of nitrogens with zero attached hydrogens (tertiary/aromatic N) is 1. The molecule has 0 radical (unpaired) electrons. The number of nitrogens with one attached hydrogen (secondary N) is 1. The molecule has 6 heteroatoms. The molecule has 152 valence electrons. The molecule has 2 bridgehead atoms. The van der Waals surface area contributed by atoms with Gasteiger partial charge in [-0.3, -0.25) is 4.90 Å². The van der Waals surface area contributed by atoms with Crippen LogP contribution in [0.15, 0.2) is 47.4 Å². The quantitative estimate of drug-likeness (QED) is 0.783. The van der Waals surface area contributed by atoms with Gasteiger partial charge < -0.3 is 10.1 Å². The molecule has 29 heavy (non-hydrogen) atoms. The summed E-state index contributed by atoms with van der Waals surface area (Å²) in [7, 11) is 0. The number of piperidine rings is 3. The lowest BCUT2D eigenvalue weighted by atomic mass is 9.86. The van der Waals surface area contributed by atoms with Crippen molar-refractivity contribution in [2.75, 3.05) is 25.4 Å². The van der Waals surface area contributed by atoms with E-state index in [2.05, 4.69) is 22.3 Å². The van der Waals surface area contributed by atoms with E-state index in [1.807, 2.05) is 12.1 Å². The maximum Gasteiger partial charge on any atom is 0.407 e. The molecular formula is C23H25FN2O2S. The van der Waals surface area contributed by atoms with Crippen LogP contribution in [0.25, 0.3) is 11.1 Å². The molecule has 4 nitrogen and oxygen atoms in total. The average Bonchev–Trinajstić information content (AvgIpc) is 2.74. The van der Waals surface area contributed by atoms with Crippen molar-refractivity contribution < 1.29 is 13.9 Å². The van der Waals surface area contributed by atoms with E-state index in [1.165, 1.54) is 6.07 Å². The summed E-state index contributed by atoms with van der Waals surface area (Å²) >= 11 is 1.79. The Kier molecular flexibility index (Phi) is 5.22. The van der Waals surface area contributed by atoms with Crippen LogP contribution in [0.5, 0.6) is 0 Å². The zero-order valence-electron chi connectivity index (χ0n) is 16.3. The zero-order chi connectivity index (χ0) is 19.8. The molecule has 2 aromatic carbocycles. The van der Waals surface area contributed by atoms with Gasteiger partial charge in [0.25, 0.3) is 0 Å². The fourth-order valence-corrected chi connectivity index (χ4v) is 5.91. The number of rotatable bonds is 3. The third kappa shape index (κ3) is 4.01. The highest BCUT2D eigenvalue weighted by molar-refractivity contribution is 7.99. The van der Waals surface area contributed by atoms with Crippen molar-refractivity contribution in [2.24, 2.45) is 5.92 Å². The van der Waals surface area contributed by atoms with Crippen molar-refractivity contribution in [1.29, 1.82) is 0 Å². The van der Waals surface area contributed by atoms with E-state index < -0.39 is 0 Å². The topological polar surface area (TPSA) is 41.6 Å². The second-order valence-corrected chi connectivity index (χ2v) is 9.32. The highest BCUT2D eigenvalue weighted by Crippen LogP contribution is 2.39. The van der Waals surface area contributed by atoms with Gasteiger partial charge in [0.15, 0.2) is 0 Å². The van der Waals surface area contributed by atoms with E-state index in [1.54, 1.807) is 23.9 Å². The molecule has 2 atom stereocenters. The van der Waals surface area contributed by atoms with Gasteiger partial charge in [-0.05, 0) is 73.2 Å². The van der Waals surface area contributed by atoms with E-state index in [4.69, 9.17) is 4.74 Å². The van der Waals surface area contributed by atoms with Gasteiger partial charge in [0, 0.05) is 17.2 Å². The molecule has 4 heterocycles. The summed E-state index contributed by atoms with van der Waals surface area (Å²) in [5.74, 6) is 1.21. The van der Waals surface area contributed by atoms with E-state index in [0.717, 1.165) is 66.2 Å². The summed E-state index contributed by atoms with van der Waals surface area (Å²) in [5.41, 5.74) is 2.98. The van der Waals surface area contributed by atoms with Crippen LogP contribution in [-0.2, 0) is 4.74 Å². The molecule has 0 saturated carbocycles. The smallest absolute Gasteiger partial charge is 0.407 e. The highest BCUT2D eigenvalue weighted by Gasteiger charge is 2.37. The van der Waals surface area contributed by atoms with E-state index in [-0.39, 0.29) is 24.1 Å². The Labute approximate surface area is 174 Å². The normalized spacial score (nSPS) is 27.9. The molecular weight excluding hydrogens is 387 g/mol. The number of hydrogen-bond donors (Lipinski definition) is 1. The molecule has 4 aliphatic rings. The predicted octanol–water partition coefficient (Wildman–Crippen LogP) is 4.85. The van der Waals surface area contributed by atoms with Gasteiger partial charge in [0.2, 0.25) is 0 Å². The maximum absolute atomic E-state index is 13.6. The minimum absolute atomic E-state index is 0.0188. The number of hydrogen-bond acceptors (Lipinski definition) is 4. The number of carbonyl (C=O) groups excluding carboxylic acids is 1. The van der Waals surface area contributed by atoms with Crippen molar-refractivity contribution in [2.45, 2.75) is 36.3 Å². The van der Waals surface area contributed by atoms with E-state index in [9.17, 15) is 9.18 Å². The molecule has 4 aliphatic heterocycles. The molecule has 3 saturated heterocycles.